The van der Waals surface area contributed by atoms with Crippen LogP contribution in [0.3, 0.4) is 0 Å². The molecule has 0 saturated heterocycles. The summed E-state index contributed by atoms with van der Waals surface area (Å²) in [7, 11) is 1.62. The average Bonchev–Trinajstić information content (AvgIpc) is 3.31. The number of rotatable bonds is 8. The third kappa shape index (κ3) is 5.62. The number of pyridine rings is 1. The summed E-state index contributed by atoms with van der Waals surface area (Å²) in [5, 5.41) is 14.1. The topological polar surface area (TPSA) is 94.3 Å². The van der Waals surface area contributed by atoms with Crippen LogP contribution in [0.5, 0.6) is 5.75 Å². The van der Waals surface area contributed by atoms with Crippen molar-refractivity contribution in [2.45, 2.75) is 12.1 Å². The number of thioether (sulfide) groups is 1. The summed E-state index contributed by atoms with van der Waals surface area (Å²) < 4.78 is 7.14. The molecule has 0 radical (unpaired) electrons. The SMILES string of the molecule is COc1ccc(-c2nnc(SCC(=O)N/N=C(\C)c3ccncc3)n2-c2ccc(Cl)cc2)cc1. The fraction of sp³-hybridized carbons (Fsp3) is 0.125. The molecule has 0 unspecified atom stereocenters. The molecule has 0 aliphatic heterocycles. The van der Waals surface area contributed by atoms with Gasteiger partial charge >= 0.3 is 0 Å². The Morgan fingerprint density at radius 1 is 1.06 bits per heavy atom. The molecule has 0 fully saturated rings. The predicted molar refractivity (Wildman–Crippen MR) is 134 cm³/mol. The van der Waals surface area contributed by atoms with Crippen LogP contribution in [-0.4, -0.2) is 44.2 Å². The van der Waals surface area contributed by atoms with Gasteiger partial charge in [0.15, 0.2) is 11.0 Å². The van der Waals surface area contributed by atoms with E-state index in [4.69, 9.17) is 16.3 Å². The smallest absolute Gasteiger partial charge is 0.250 e. The molecule has 4 aromatic rings. The summed E-state index contributed by atoms with van der Waals surface area (Å²) >= 11 is 7.35. The van der Waals surface area contributed by atoms with Crippen LogP contribution in [0.4, 0.5) is 0 Å². The van der Waals surface area contributed by atoms with Gasteiger partial charge in [0.2, 0.25) is 0 Å². The van der Waals surface area contributed by atoms with Gasteiger partial charge in [-0.1, -0.05) is 23.4 Å². The standard InChI is InChI=1S/C24H21ClN6O2S/c1-16(17-11-13-26-14-12-17)27-28-22(32)15-34-24-30-29-23(18-3-9-21(33-2)10-4-18)31(24)20-7-5-19(25)6-8-20/h3-14H,15H2,1-2H3,(H,28,32)/b27-16+. The zero-order valence-electron chi connectivity index (χ0n) is 18.5. The monoisotopic (exact) mass is 492 g/mol. The van der Waals surface area contributed by atoms with Gasteiger partial charge in [-0.05, 0) is 67.6 Å². The van der Waals surface area contributed by atoms with Crippen LogP contribution in [0, 0.1) is 0 Å². The number of hydrogen-bond donors (Lipinski definition) is 1. The number of aromatic nitrogens is 4. The number of hydrogen-bond acceptors (Lipinski definition) is 7. The molecule has 1 N–H and O–H groups in total. The number of benzene rings is 2. The molecule has 0 aliphatic carbocycles. The molecule has 172 valence electrons. The molecular weight excluding hydrogens is 472 g/mol. The quantitative estimate of drug-likeness (QED) is 0.219. The number of nitrogens with one attached hydrogen (secondary N) is 1. The average molecular weight is 493 g/mol. The number of halogens is 1. The highest BCUT2D eigenvalue weighted by Gasteiger charge is 2.17. The summed E-state index contributed by atoms with van der Waals surface area (Å²) in [6, 6.07) is 18.6. The lowest BCUT2D eigenvalue weighted by molar-refractivity contribution is -0.118. The minimum absolute atomic E-state index is 0.113. The van der Waals surface area contributed by atoms with Gasteiger partial charge in [-0.15, -0.1) is 10.2 Å². The second-order valence-electron chi connectivity index (χ2n) is 7.10. The number of hydrazone groups is 1. The molecule has 0 saturated carbocycles. The fourth-order valence-corrected chi connectivity index (χ4v) is 3.95. The zero-order chi connectivity index (χ0) is 23.9. The molecule has 34 heavy (non-hydrogen) atoms. The van der Waals surface area contributed by atoms with E-state index in [2.05, 4.69) is 25.7 Å². The van der Waals surface area contributed by atoms with Gasteiger partial charge in [-0.25, -0.2) is 5.43 Å². The van der Waals surface area contributed by atoms with Crippen LogP contribution in [0.1, 0.15) is 12.5 Å². The van der Waals surface area contributed by atoms with E-state index in [0.717, 1.165) is 22.6 Å². The minimum Gasteiger partial charge on any atom is -0.497 e. The van der Waals surface area contributed by atoms with E-state index in [1.54, 1.807) is 31.6 Å². The molecule has 0 atom stereocenters. The van der Waals surface area contributed by atoms with E-state index in [-0.39, 0.29) is 11.7 Å². The Morgan fingerprint density at radius 3 is 2.44 bits per heavy atom. The van der Waals surface area contributed by atoms with Crippen LogP contribution < -0.4 is 10.2 Å². The van der Waals surface area contributed by atoms with Crippen LogP contribution in [0.15, 0.2) is 83.3 Å². The van der Waals surface area contributed by atoms with Crippen LogP contribution in [-0.2, 0) is 4.79 Å². The van der Waals surface area contributed by atoms with Crippen molar-refractivity contribution in [3.05, 3.63) is 83.6 Å². The number of carbonyl (C=O) groups is 1. The van der Waals surface area contributed by atoms with Crippen molar-refractivity contribution >= 4 is 35.0 Å². The van der Waals surface area contributed by atoms with E-state index in [9.17, 15) is 4.79 Å². The number of methoxy groups -OCH3 is 1. The molecule has 2 aromatic heterocycles. The number of ether oxygens (including phenoxy) is 1. The molecule has 10 heteroatoms. The number of amides is 1. The van der Waals surface area contributed by atoms with Gasteiger partial charge in [-0.3, -0.25) is 14.3 Å². The maximum absolute atomic E-state index is 12.5. The van der Waals surface area contributed by atoms with Crippen molar-refractivity contribution in [1.29, 1.82) is 0 Å². The molecule has 2 heterocycles. The Hall–Kier alpha value is -3.69. The van der Waals surface area contributed by atoms with Crippen molar-refractivity contribution in [2.75, 3.05) is 12.9 Å². The highest BCUT2D eigenvalue weighted by molar-refractivity contribution is 7.99. The Kier molecular flexibility index (Phi) is 7.56. The second kappa shape index (κ2) is 11.0. The molecule has 8 nitrogen and oxygen atoms in total. The molecule has 2 aromatic carbocycles. The second-order valence-corrected chi connectivity index (χ2v) is 8.48. The maximum Gasteiger partial charge on any atom is 0.250 e. The molecule has 0 aliphatic rings. The molecular formula is C24H21ClN6O2S. The van der Waals surface area contributed by atoms with E-state index < -0.39 is 0 Å². The van der Waals surface area contributed by atoms with E-state index in [1.165, 1.54) is 11.8 Å². The van der Waals surface area contributed by atoms with Crippen molar-refractivity contribution < 1.29 is 9.53 Å². The zero-order valence-corrected chi connectivity index (χ0v) is 20.0. The summed E-state index contributed by atoms with van der Waals surface area (Å²) in [5.41, 5.74) is 5.85. The van der Waals surface area contributed by atoms with Crippen LogP contribution >= 0.6 is 23.4 Å². The van der Waals surface area contributed by atoms with Crippen LogP contribution in [0.25, 0.3) is 17.1 Å². The highest BCUT2D eigenvalue weighted by atomic mass is 35.5. The van der Waals surface area contributed by atoms with E-state index in [1.807, 2.05) is 60.0 Å². The highest BCUT2D eigenvalue weighted by Crippen LogP contribution is 2.29. The molecule has 0 bridgehead atoms. The number of carbonyl (C=O) groups excluding carboxylic acids is 1. The van der Waals surface area contributed by atoms with E-state index in [0.29, 0.717) is 21.7 Å². The van der Waals surface area contributed by atoms with Crippen molar-refractivity contribution in [3.63, 3.8) is 0 Å². The summed E-state index contributed by atoms with van der Waals surface area (Å²) in [6.45, 7) is 1.82. The first kappa shape index (κ1) is 23.5. The van der Waals surface area contributed by atoms with Gasteiger partial charge in [-0.2, -0.15) is 5.10 Å². The van der Waals surface area contributed by atoms with Gasteiger partial charge in [0.25, 0.3) is 5.91 Å². The first-order valence-corrected chi connectivity index (χ1v) is 11.6. The predicted octanol–water partition coefficient (Wildman–Crippen LogP) is 4.62. The molecule has 0 spiro atoms. The lowest BCUT2D eigenvalue weighted by Crippen LogP contribution is -2.21. The van der Waals surface area contributed by atoms with Crippen LogP contribution in [0.2, 0.25) is 5.02 Å². The fourth-order valence-electron chi connectivity index (χ4n) is 3.08. The third-order valence-electron chi connectivity index (χ3n) is 4.85. The number of nitrogens with zero attached hydrogens (tertiary/aromatic N) is 5. The first-order valence-electron chi connectivity index (χ1n) is 10.3. The minimum atomic E-state index is -0.255. The Morgan fingerprint density at radius 2 is 1.76 bits per heavy atom. The van der Waals surface area contributed by atoms with Gasteiger partial charge in [0.05, 0.1) is 18.6 Å². The summed E-state index contributed by atoms with van der Waals surface area (Å²) in [4.78, 5) is 16.4. The maximum atomic E-state index is 12.5. The van der Waals surface area contributed by atoms with Gasteiger partial charge < -0.3 is 4.74 Å². The third-order valence-corrected chi connectivity index (χ3v) is 6.03. The van der Waals surface area contributed by atoms with Crippen molar-refractivity contribution in [3.8, 4) is 22.8 Å². The lowest BCUT2D eigenvalue weighted by atomic mass is 10.2. The van der Waals surface area contributed by atoms with Crippen molar-refractivity contribution in [2.24, 2.45) is 5.10 Å². The summed E-state index contributed by atoms with van der Waals surface area (Å²) in [5.74, 6) is 1.24. The lowest BCUT2D eigenvalue weighted by Gasteiger charge is -2.11. The Labute approximate surface area is 206 Å². The van der Waals surface area contributed by atoms with E-state index >= 15 is 0 Å². The Balaban J connectivity index is 1.54. The first-order chi connectivity index (χ1) is 16.5. The Bertz CT molecular complexity index is 1290. The summed E-state index contributed by atoms with van der Waals surface area (Å²) in [6.07, 6.45) is 3.35. The normalized spacial score (nSPS) is 11.3. The van der Waals surface area contributed by atoms with Crippen molar-refractivity contribution in [1.82, 2.24) is 25.2 Å². The molecule has 1 amide bonds. The van der Waals surface area contributed by atoms with Gasteiger partial charge in [0, 0.05) is 34.2 Å². The molecule has 4 rings (SSSR count). The largest absolute Gasteiger partial charge is 0.497 e. The van der Waals surface area contributed by atoms with Gasteiger partial charge in [0.1, 0.15) is 5.75 Å².